The summed E-state index contributed by atoms with van der Waals surface area (Å²) in [6.07, 6.45) is 1.31. The molecule has 1 saturated heterocycles. The first kappa shape index (κ1) is 25.2. The van der Waals surface area contributed by atoms with Gasteiger partial charge in [-0.05, 0) is 35.9 Å². The van der Waals surface area contributed by atoms with Crippen molar-refractivity contribution < 1.29 is 22.8 Å². The number of piperazine rings is 1. The Morgan fingerprint density at radius 3 is 2.31 bits per heavy atom. The van der Waals surface area contributed by atoms with Gasteiger partial charge in [0.05, 0.1) is 35.9 Å². The van der Waals surface area contributed by atoms with Crippen molar-refractivity contribution in [2.75, 3.05) is 50.0 Å². The number of nitro benzene ring substituents is 1. The van der Waals surface area contributed by atoms with Crippen LogP contribution in [0.25, 0.3) is 0 Å². The molecule has 1 aromatic heterocycles. The van der Waals surface area contributed by atoms with E-state index in [1.54, 1.807) is 7.11 Å². The van der Waals surface area contributed by atoms with Crippen LogP contribution >= 0.6 is 0 Å². The zero-order chi connectivity index (χ0) is 25.7. The molecular formula is C24H27N5O6S. The predicted octanol–water partition coefficient (Wildman–Crippen LogP) is 3.13. The van der Waals surface area contributed by atoms with E-state index >= 15 is 0 Å². The van der Waals surface area contributed by atoms with Gasteiger partial charge in [-0.2, -0.15) is 0 Å². The van der Waals surface area contributed by atoms with Crippen LogP contribution in [0.1, 0.15) is 5.56 Å². The molecule has 0 amide bonds. The van der Waals surface area contributed by atoms with E-state index in [2.05, 4.69) is 14.6 Å². The van der Waals surface area contributed by atoms with Crippen molar-refractivity contribution in [1.29, 1.82) is 0 Å². The number of nitro groups is 1. The molecule has 0 unspecified atom stereocenters. The molecule has 0 atom stereocenters. The standard InChI is InChI=1S/C24H27N5O6S/c1-34-20-6-3-18(4-7-20)17-27-11-13-28(14-12-27)22-9-8-21(15-23(22)29(30)31)36(32,33)26-19-5-10-24(35-2)25-16-19/h3-10,15-16,26H,11-14,17H2,1-2H3. The Kier molecular flexibility index (Phi) is 7.55. The van der Waals surface area contributed by atoms with Crippen LogP contribution in [0.5, 0.6) is 11.6 Å². The third-order valence-electron chi connectivity index (χ3n) is 5.93. The van der Waals surface area contributed by atoms with Gasteiger partial charge in [-0.3, -0.25) is 19.7 Å². The molecule has 3 aromatic rings. The second-order valence-electron chi connectivity index (χ2n) is 8.21. The monoisotopic (exact) mass is 513 g/mol. The van der Waals surface area contributed by atoms with Crippen molar-refractivity contribution in [3.63, 3.8) is 0 Å². The lowest BCUT2D eigenvalue weighted by atomic mass is 10.1. The highest BCUT2D eigenvalue weighted by molar-refractivity contribution is 7.92. The van der Waals surface area contributed by atoms with Gasteiger partial charge in [0.2, 0.25) is 5.88 Å². The fraction of sp³-hybridized carbons (Fsp3) is 0.292. The summed E-state index contributed by atoms with van der Waals surface area (Å²) in [6, 6.07) is 14.9. The molecule has 0 aliphatic carbocycles. The summed E-state index contributed by atoms with van der Waals surface area (Å²) in [5, 5.41) is 11.8. The lowest BCUT2D eigenvalue weighted by Gasteiger charge is -2.35. The highest BCUT2D eigenvalue weighted by Gasteiger charge is 2.27. The van der Waals surface area contributed by atoms with Gasteiger partial charge >= 0.3 is 0 Å². The van der Waals surface area contributed by atoms with E-state index in [9.17, 15) is 18.5 Å². The van der Waals surface area contributed by atoms with Crippen molar-refractivity contribution in [1.82, 2.24) is 9.88 Å². The van der Waals surface area contributed by atoms with Gasteiger partial charge in [-0.25, -0.2) is 13.4 Å². The molecule has 190 valence electrons. The zero-order valence-corrected chi connectivity index (χ0v) is 20.8. The Morgan fingerprint density at radius 1 is 1.00 bits per heavy atom. The van der Waals surface area contributed by atoms with Crippen molar-refractivity contribution in [2.24, 2.45) is 0 Å². The average molecular weight is 514 g/mol. The van der Waals surface area contributed by atoms with Gasteiger partial charge in [-0.1, -0.05) is 12.1 Å². The molecule has 36 heavy (non-hydrogen) atoms. The number of anilines is 2. The first-order chi connectivity index (χ1) is 17.3. The Bertz CT molecular complexity index is 1310. The fourth-order valence-electron chi connectivity index (χ4n) is 4.00. The molecule has 12 heteroatoms. The minimum absolute atomic E-state index is 0.202. The molecule has 2 aromatic carbocycles. The van der Waals surface area contributed by atoms with Crippen LogP contribution in [0.3, 0.4) is 0 Å². The Balaban J connectivity index is 1.45. The van der Waals surface area contributed by atoms with Crippen LogP contribution in [0, 0.1) is 10.1 Å². The molecule has 0 radical (unpaired) electrons. The molecular weight excluding hydrogens is 486 g/mol. The number of nitrogens with one attached hydrogen (secondary N) is 1. The number of pyridine rings is 1. The summed E-state index contributed by atoms with van der Waals surface area (Å²) < 4.78 is 38.3. The Hall–Kier alpha value is -3.90. The first-order valence-electron chi connectivity index (χ1n) is 11.2. The normalized spacial score (nSPS) is 14.3. The number of nitrogens with zero attached hydrogens (tertiary/aromatic N) is 4. The van der Waals surface area contributed by atoms with Crippen LogP contribution < -0.4 is 19.1 Å². The van der Waals surface area contributed by atoms with Gasteiger partial charge in [0.15, 0.2) is 0 Å². The molecule has 1 N–H and O–H groups in total. The highest BCUT2D eigenvalue weighted by atomic mass is 32.2. The highest BCUT2D eigenvalue weighted by Crippen LogP contribution is 2.32. The van der Waals surface area contributed by atoms with Gasteiger partial charge in [-0.15, -0.1) is 0 Å². The maximum absolute atomic E-state index is 12.9. The molecule has 11 nitrogen and oxygen atoms in total. The van der Waals surface area contributed by atoms with Gasteiger partial charge in [0, 0.05) is 44.9 Å². The van der Waals surface area contributed by atoms with Gasteiger partial charge < -0.3 is 14.4 Å². The number of ether oxygens (including phenoxy) is 2. The molecule has 0 bridgehead atoms. The SMILES string of the molecule is COc1ccc(CN2CCN(c3ccc(S(=O)(=O)Nc4ccc(OC)nc4)cc3[N+](=O)[O-])CC2)cc1. The van der Waals surface area contributed by atoms with Crippen molar-refractivity contribution in [3.05, 3.63) is 76.5 Å². The van der Waals surface area contributed by atoms with Crippen LogP contribution in [-0.2, 0) is 16.6 Å². The maximum Gasteiger partial charge on any atom is 0.293 e. The van der Waals surface area contributed by atoms with Crippen molar-refractivity contribution >= 4 is 27.1 Å². The topological polar surface area (TPSA) is 127 Å². The second-order valence-corrected chi connectivity index (χ2v) is 9.90. The fourth-order valence-corrected chi connectivity index (χ4v) is 5.06. The number of methoxy groups -OCH3 is 2. The van der Waals surface area contributed by atoms with E-state index in [0.29, 0.717) is 24.7 Å². The summed E-state index contributed by atoms with van der Waals surface area (Å²) in [7, 11) is -0.975. The van der Waals surface area contributed by atoms with E-state index in [0.717, 1.165) is 37.0 Å². The van der Waals surface area contributed by atoms with Crippen molar-refractivity contribution in [2.45, 2.75) is 11.4 Å². The number of sulfonamides is 1. The van der Waals surface area contributed by atoms with Crippen LogP contribution in [0.4, 0.5) is 17.1 Å². The summed E-state index contributed by atoms with van der Waals surface area (Å²) in [6.45, 7) is 3.37. The number of rotatable bonds is 9. The molecule has 0 spiro atoms. The number of hydrogen-bond acceptors (Lipinski definition) is 9. The summed E-state index contributed by atoms with van der Waals surface area (Å²) in [4.78, 5) is 19.3. The molecule has 0 saturated carbocycles. The van der Waals surface area contributed by atoms with Crippen LogP contribution in [0.2, 0.25) is 0 Å². The minimum Gasteiger partial charge on any atom is -0.497 e. The van der Waals surface area contributed by atoms with Gasteiger partial charge in [0.25, 0.3) is 15.7 Å². The summed E-state index contributed by atoms with van der Waals surface area (Å²) in [5.74, 6) is 1.14. The Labute approximate surface area is 209 Å². The smallest absolute Gasteiger partial charge is 0.293 e. The predicted molar refractivity (Wildman–Crippen MR) is 135 cm³/mol. The average Bonchev–Trinajstić information content (AvgIpc) is 2.89. The largest absolute Gasteiger partial charge is 0.497 e. The van der Waals surface area contributed by atoms with Crippen LogP contribution in [0.15, 0.2) is 65.7 Å². The molecule has 4 rings (SSSR count). The second kappa shape index (κ2) is 10.8. The number of hydrogen-bond donors (Lipinski definition) is 1. The van der Waals surface area contributed by atoms with E-state index in [1.165, 1.54) is 37.6 Å². The van der Waals surface area contributed by atoms with Crippen LogP contribution in [-0.4, -0.2) is 63.6 Å². The molecule has 1 aliphatic heterocycles. The lowest BCUT2D eigenvalue weighted by molar-refractivity contribution is -0.384. The summed E-state index contributed by atoms with van der Waals surface area (Å²) >= 11 is 0. The van der Waals surface area contributed by atoms with E-state index in [1.807, 2.05) is 29.2 Å². The third kappa shape index (κ3) is 5.83. The van der Waals surface area contributed by atoms with Crippen molar-refractivity contribution in [3.8, 4) is 11.6 Å². The third-order valence-corrected chi connectivity index (χ3v) is 7.31. The lowest BCUT2D eigenvalue weighted by Crippen LogP contribution is -2.46. The number of aromatic nitrogens is 1. The molecule has 2 heterocycles. The van der Waals surface area contributed by atoms with E-state index in [-0.39, 0.29) is 16.3 Å². The molecule has 1 fully saturated rings. The quantitative estimate of drug-likeness (QED) is 0.339. The minimum atomic E-state index is -4.06. The number of benzene rings is 2. The first-order valence-corrected chi connectivity index (χ1v) is 12.7. The van der Waals surface area contributed by atoms with Gasteiger partial charge in [0.1, 0.15) is 11.4 Å². The zero-order valence-electron chi connectivity index (χ0n) is 20.0. The molecule has 1 aliphatic rings. The van der Waals surface area contributed by atoms with E-state index < -0.39 is 14.9 Å². The maximum atomic E-state index is 12.9. The van der Waals surface area contributed by atoms with E-state index in [4.69, 9.17) is 9.47 Å². The summed E-state index contributed by atoms with van der Waals surface area (Å²) in [5.41, 5.74) is 1.52. The Morgan fingerprint density at radius 2 is 1.72 bits per heavy atom.